The van der Waals surface area contributed by atoms with E-state index in [0.717, 1.165) is 32.2 Å². The Labute approximate surface area is 80.8 Å². The molecule has 0 bridgehead atoms. The van der Waals surface area contributed by atoms with Crippen LogP contribution in [0.4, 0.5) is 0 Å². The Morgan fingerprint density at radius 3 is 2.69 bits per heavy atom. The highest BCUT2D eigenvalue weighted by Crippen LogP contribution is 1.97. The molecule has 0 unspecified atom stereocenters. The molecule has 0 atom stereocenters. The maximum absolute atomic E-state index is 11.0. The van der Waals surface area contributed by atoms with Gasteiger partial charge in [-0.25, -0.2) is 0 Å². The second-order valence-corrected chi connectivity index (χ2v) is 3.13. The Hall–Kier alpha value is -0.570. The van der Waals surface area contributed by atoms with Crippen molar-refractivity contribution < 1.29 is 9.53 Å². The van der Waals surface area contributed by atoms with Gasteiger partial charge >= 0.3 is 5.97 Å². The lowest BCUT2D eigenvalue weighted by molar-refractivity contribution is -0.143. The van der Waals surface area contributed by atoms with Gasteiger partial charge in [-0.05, 0) is 26.4 Å². The summed E-state index contributed by atoms with van der Waals surface area (Å²) in [6, 6.07) is 0. The normalized spacial score (nSPS) is 10.0. The molecule has 78 valence electrons. The Morgan fingerprint density at radius 1 is 1.31 bits per heavy atom. The zero-order valence-electron chi connectivity index (χ0n) is 8.77. The molecule has 0 aromatic carbocycles. The summed E-state index contributed by atoms with van der Waals surface area (Å²) in [7, 11) is 1.88. The fourth-order valence-electron chi connectivity index (χ4n) is 1.02. The largest absolute Gasteiger partial charge is 0.466 e. The number of carbonyl (C=O) groups is 1. The van der Waals surface area contributed by atoms with E-state index < -0.39 is 0 Å². The molecule has 0 radical (unpaired) electrons. The Balaban J connectivity index is 3.11. The van der Waals surface area contributed by atoms with Crippen LogP contribution in [-0.2, 0) is 9.53 Å². The van der Waals surface area contributed by atoms with Gasteiger partial charge in [0, 0.05) is 6.42 Å². The minimum absolute atomic E-state index is 0.0636. The molecule has 0 aromatic heterocycles. The minimum Gasteiger partial charge on any atom is -0.466 e. The van der Waals surface area contributed by atoms with E-state index in [-0.39, 0.29) is 5.97 Å². The van der Waals surface area contributed by atoms with Gasteiger partial charge in [0.15, 0.2) is 0 Å². The first kappa shape index (κ1) is 12.4. The van der Waals surface area contributed by atoms with Crippen LogP contribution in [0.3, 0.4) is 0 Å². The van der Waals surface area contributed by atoms with Gasteiger partial charge in [-0.3, -0.25) is 4.79 Å². The van der Waals surface area contributed by atoms with Crippen LogP contribution in [0.5, 0.6) is 0 Å². The van der Waals surface area contributed by atoms with E-state index in [0.29, 0.717) is 13.0 Å². The quantitative estimate of drug-likeness (QED) is 0.464. The maximum atomic E-state index is 11.0. The summed E-state index contributed by atoms with van der Waals surface area (Å²) in [5.74, 6) is -0.0636. The van der Waals surface area contributed by atoms with Gasteiger partial charge < -0.3 is 10.1 Å². The first-order chi connectivity index (χ1) is 6.31. The van der Waals surface area contributed by atoms with Crippen molar-refractivity contribution in [2.75, 3.05) is 20.2 Å². The van der Waals surface area contributed by atoms with Crippen molar-refractivity contribution >= 4 is 5.97 Å². The maximum Gasteiger partial charge on any atom is 0.305 e. The zero-order valence-corrected chi connectivity index (χ0v) is 8.77. The lowest BCUT2D eigenvalue weighted by Gasteiger charge is -2.03. The van der Waals surface area contributed by atoms with E-state index in [2.05, 4.69) is 12.2 Å². The molecule has 0 rings (SSSR count). The topological polar surface area (TPSA) is 38.3 Å². The predicted octanol–water partition coefficient (Wildman–Crippen LogP) is 1.72. The van der Waals surface area contributed by atoms with Gasteiger partial charge in [0.2, 0.25) is 0 Å². The number of carbonyl (C=O) groups excluding carboxylic acids is 1. The van der Waals surface area contributed by atoms with Crippen LogP contribution in [0.2, 0.25) is 0 Å². The number of nitrogens with one attached hydrogen (secondary N) is 1. The molecule has 0 amide bonds. The van der Waals surface area contributed by atoms with Gasteiger partial charge in [-0.15, -0.1) is 0 Å². The van der Waals surface area contributed by atoms with Crippen molar-refractivity contribution in [2.24, 2.45) is 0 Å². The molecule has 0 saturated carbocycles. The van der Waals surface area contributed by atoms with Crippen LogP contribution in [0, 0.1) is 0 Å². The third-order valence-corrected chi connectivity index (χ3v) is 1.82. The molecule has 0 saturated heterocycles. The van der Waals surface area contributed by atoms with Crippen LogP contribution >= 0.6 is 0 Å². The Bertz CT molecular complexity index is 126. The Morgan fingerprint density at radius 2 is 2.08 bits per heavy atom. The minimum atomic E-state index is -0.0636. The van der Waals surface area contributed by atoms with Crippen molar-refractivity contribution in [3.63, 3.8) is 0 Å². The van der Waals surface area contributed by atoms with Crippen molar-refractivity contribution in [1.29, 1.82) is 0 Å². The second kappa shape index (κ2) is 9.52. The van der Waals surface area contributed by atoms with E-state index in [4.69, 9.17) is 4.74 Å². The first-order valence-corrected chi connectivity index (χ1v) is 5.11. The lowest BCUT2D eigenvalue weighted by Crippen LogP contribution is -2.12. The number of hydrogen-bond donors (Lipinski definition) is 1. The van der Waals surface area contributed by atoms with E-state index in [1.165, 1.54) is 0 Å². The first-order valence-electron chi connectivity index (χ1n) is 5.11. The predicted molar refractivity (Wildman–Crippen MR) is 53.6 cm³/mol. The van der Waals surface area contributed by atoms with Gasteiger partial charge in [-0.1, -0.05) is 19.8 Å². The summed E-state index contributed by atoms with van der Waals surface area (Å²) in [4.78, 5) is 11.0. The third kappa shape index (κ3) is 9.34. The number of esters is 1. The van der Waals surface area contributed by atoms with E-state index in [1.54, 1.807) is 0 Å². The summed E-state index contributed by atoms with van der Waals surface area (Å²) in [5.41, 5.74) is 0. The fourth-order valence-corrected chi connectivity index (χ4v) is 1.02. The molecule has 0 heterocycles. The monoisotopic (exact) mass is 187 g/mol. The highest BCUT2D eigenvalue weighted by molar-refractivity contribution is 5.69. The van der Waals surface area contributed by atoms with Crippen molar-refractivity contribution in [3.05, 3.63) is 0 Å². The highest BCUT2D eigenvalue weighted by Gasteiger charge is 2.00. The van der Waals surface area contributed by atoms with Crippen molar-refractivity contribution in [3.8, 4) is 0 Å². The van der Waals surface area contributed by atoms with E-state index >= 15 is 0 Å². The summed E-state index contributed by atoms with van der Waals surface area (Å²) in [6.07, 6.45) is 4.70. The SMILES string of the molecule is CCCCCOC(=O)CCCNC. The van der Waals surface area contributed by atoms with Crippen LogP contribution in [0.1, 0.15) is 39.0 Å². The lowest BCUT2D eigenvalue weighted by atomic mass is 10.3. The number of ether oxygens (including phenoxy) is 1. The molecule has 1 N–H and O–H groups in total. The van der Waals surface area contributed by atoms with E-state index in [9.17, 15) is 4.79 Å². The number of hydrogen-bond acceptors (Lipinski definition) is 3. The summed E-state index contributed by atoms with van der Waals surface area (Å²) < 4.78 is 5.02. The van der Waals surface area contributed by atoms with Gasteiger partial charge in [0.1, 0.15) is 0 Å². The van der Waals surface area contributed by atoms with Gasteiger partial charge in [0.25, 0.3) is 0 Å². The number of rotatable bonds is 8. The van der Waals surface area contributed by atoms with E-state index in [1.807, 2.05) is 7.05 Å². The van der Waals surface area contributed by atoms with Crippen molar-refractivity contribution in [1.82, 2.24) is 5.32 Å². The fraction of sp³-hybridized carbons (Fsp3) is 0.900. The van der Waals surface area contributed by atoms with Gasteiger partial charge in [0.05, 0.1) is 6.61 Å². The zero-order chi connectivity index (χ0) is 9.94. The molecular weight excluding hydrogens is 166 g/mol. The third-order valence-electron chi connectivity index (χ3n) is 1.82. The van der Waals surface area contributed by atoms with Crippen LogP contribution in [0.25, 0.3) is 0 Å². The summed E-state index contributed by atoms with van der Waals surface area (Å²) in [6.45, 7) is 3.60. The summed E-state index contributed by atoms with van der Waals surface area (Å²) in [5, 5.41) is 2.99. The molecule has 13 heavy (non-hydrogen) atoms. The molecule has 0 aliphatic heterocycles. The molecule has 0 aromatic rings. The highest BCUT2D eigenvalue weighted by atomic mass is 16.5. The standard InChI is InChI=1S/C10H21NO2/c1-3-4-5-9-13-10(12)7-6-8-11-2/h11H,3-9H2,1-2H3. The summed E-state index contributed by atoms with van der Waals surface area (Å²) >= 11 is 0. The average Bonchev–Trinajstić information content (AvgIpc) is 2.13. The molecular formula is C10H21NO2. The number of unbranched alkanes of at least 4 members (excludes halogenated alkanes) is 2. The molecule has 0 fully saturated rings. The molecule has 0 aliphatic rings. The second-order valence-electron chi connectivity index (χ2n) is 3.13. The Kier molecular flexibility index (Phi) is 9.10. The van der Waals surface area contributed by atoms with Gasteiger partial charge in [-0.2, -0.15) is 0 Å². The molecule has 3 nitrogen and oxygen atoms in total. The molecule has 0 spiro atoms. The molecule has 0 aliphatic carbocycles. The van der Waals surface area contributed by atoms with Crippen molar-refractivity contribution in [2.45, 2.75) is 39.0 Å². The smallest absolute Gasteiger partial charge is 0.305 e. The van der Waals surface area contributed by atoms with Crippen LogP contribution in [-0.4, -0.2) is 26.2 Å². The van der Waals surface area contributed by atoms with Crippen LogP contribution in [0.15, 0.2) is 0 Å². The van der Waals surface area contributed by atoms with Crippen LogP contribution < -0.4 is 5.32 Å². The average molecular weight is 187 g/mol. The molecule has 3 heteroatoms.